The Morgan fingerprint density at radius 2 is 2.56 bits per heavy atom. The highest BCUT2D eigenvalue weighted by Crippen LogP contribution is 2.16. The second-order valence-electron chi connectivity index (χ2n) is 1.61. The molecule has 0 bridgehead atoms. The van der Waals surface area contributed by atoms with Crippen LogP contribution in [0.5, 0.6) is 0 Å². The second-order valence-corrected chi connectivity index (χ2v) is 1.61. The lowest BCUT2D eigenvalue weighted by Gasteiger charge is -1.81. The van der Waals surface area contributed by atoms with Crippen molar-refractivity contribution in [2.45, 2.75) is 6.92 Å². The van der Waals surface area contributed by atoms with Crippen LogP contribution in [-0.4, -0.2) is 4.92 Å². The summed E-state index contributed by atoms with van der Waals surface area (Å²) < 4.78 is 4.40. The molecule has 0 fully saturated rings. The maximum absolute atomic E-state index is 9.97. The van der Waals surface area contributed by atoms with E-state index in [1.165, 1.54) is 6.07 Å². The van der Waals surface area contributed by atoms with E-state index in [1.54, 1.807) is 6.92 Å². The van der Waals surface area contributed by atoms with Gasteiger partial charge in [0.05, 0.1) is 5.56 Å². The van der Waals surface area contributed by atoms with Crippen molar-refractivity contribution in [3.05, 3.63) is 28.0 Å². The summed E-state index contributed by atoms with van der Waals surface area (Å²) in [6.07, 6.45) is 2.26. The lowest BCUT2D eigenvalue weighted by Crippen LogP contribution is -1.85. The van der Waals surface area contributed by atoms with Gasteiger partial charge in [0.15, 0.2) is 6.26 Å². The first-order valence-corrected chi connectivity index (χ1v) is 2.32. The monoisotopic (exact) mass is 126 g/mol. The fourth-order valence-electron chi connectivity index (χ4n) is 0.497. The van der Waals surface area contributed by atoms with Crippen molar-refractivity contribution in [1.29, 1.82) is 0 Å². The Morgan fingerprint density at radius 3 is 2.78 bits per heavy atom. The Hall–Kier alpha value is -1.32. The topological polar surface area (TPSA) is 56.3 Å². The van der Waals surface area contributed by atoms with Crippen LogP contribution >= 0.6 is 0 Å². The summed E-state index contributed by atoms with van der Waals surface area (Å²) in [5.41, 5.74) is 0.500. The highest BCUT2D eigenvalue weighted by Gasteiger charge is 2.12. The minimum atomic E-state index is -0.578. The van der Waals surface area contributed by atoms with E-state index in [4.69, 9.17) is 0 Å². The molecular weight excluding hydrogens is 122 g/mol. The lowest BCUT2D eigenvalue weighted by molar-refractivity contribution is -0.402. The van der Waals surface area contributed by atoms with E-state index in [-0.39, 0.29) is 5.88 Å². The average Bonchev–Trinajstić information content (AvgIpc) is 2.13. The SMILES string of the molecule is Cc1c[c]oc1[N+](=O)[O-]. The van der Waals surface area contributed by atoms with E-state index >= 15 is 0 Å². The normalized spacial score (nSPS) is 9.44. The summed E-state index contributed by atoms with van der Waals surface area (Å²) in [6, 6.07) is 1.43. The molecule has 1 aromatic heterocycles. The molecule has 0 saturated heterocycles. The fraction of sp³-hybridized carbons (Fsp3) is 0.200. The zero-order valence-corrected chi connectivity index (χ0v) is 4.75. The summed E-state index contributed by atoms with van der Waals surface area (Å²) in [6.45, 7) is 1.60. The first-order chi connectivity index (χ1) is 4.22. The zero-order chi connectivity index (χ0) is 6.85. The van der Waals surface area contributed by atoms with Crippen LogP contribution in [-0.2, 0) is 0 Å². The fourth-order valence-corrected chi connectivity index (χ4v) is 0.497. The molecule has 0 atom stereocenters. The molecule has 0 amide bonds. The molecule has 0 aromatic carbocycles. The standard InChI is InChI=1S/C5H4NO3/c1-4-2-3-9-5(4)6(7)8/h2H,1H3. The molecular formula is C5H4NO3. The first-order valence-electron chi connectivity index (χ1n) is 2.32. The van der Waals surface area contributed by atoms with Crippen molar-refractivity contribution >= 4 is 5.88 Å². The van der Waals surface area contributed by atoms with Crippen LogP contribution in [0.2, 0.25) is 0 Å². The molecule has 0 aliphatic heterocycles. The highest BCUT2D eigenvalue weighted by atomic mass is 16.6. The van der Waals surface area contributed by atoms with E-state index in [1.807, 2.05) is 0 Å². The van der Waals surface area contributed by atoms with Gasteiger partial charge in [0.1, 0.15) is 4.92 Å². The molecule has 1 rings (SSSR count). The lowest BCUT2D eigenvalue weighted by atomic mass is 10.4. The predicted molar refractivity (Wildman–Crippen MR) is 28.9 cm³/mol. The number of aryl methyl sites for hydroxylation is 1. The largest absolute Gasteiger partial charge is 0.436 e. The Morgan fingerprint density at radius 1 is 1.89 bits per heavy atom. The van der Waals surface area contributed by atoms with Crippen LogP contribution in [0, 0.1) is 23.3 Å². The number of nitrogens with zero attached hydrogens (tertiary/aromatic N) is 1. The van der Waals surface area contributed by atoms with Gasteiger partial charge in [-0.2, -0.15) is 0 Å². The Balaban J connectivity index is 3.08. The summed E-state index contributed by atoms with van der Waals surface area (Å²) in [4.78, 5) is 9.40. The van der Waals surface area contributed by atoms with Crippen molar-refractivity contribution in [1.82, 2.24) is 0 Å². The minimum absolute atomic E-state index is 0.227. The number of hydrogen-bond donors (Lipinski definition) is 0. The van der Waals surface area contributed by atoms with Crippen LogP contribution < -0.4 is 0 Å². The van der Waals surface area contributed by atoms with Crippen LogP contribution in [0.1, 0.15) is 5.56 Å². The van der Waals surface area contributed by atoms with Gasteiger partial charge in [0.2, 0.25) is 0 Å². The first kappa shape index (κ1) is 5.81. The zero-order valence-electron chi connectivity index (χ0n) is 4.75. The molecule has 0 aliphatic rings. The van der Waals surface area contributed by atoms with Gasteiger partial charge < -0.3 is 4.42 Å². The highest BCUT2D eigenvalue weighted by molar-refractivity contribution is 5.25. The van der Waals surface area contributed by atoms with Crippen molar-refractivity contribution < 1.29 is 9.34 Å². The third kappa shape index (κ3) is 0.910. The molecule has 9 heavy (non-hydrogen) atoms. The van der Waals surface area contributed by atoms with Crippen molar-refractivity contribution in [2.75, 3.05) is 0 Å². The van der Waals surface area contributed by atoms with Crippen LogP contribution in [0.3, 0.4) is 0 Å². The van der Waals surface area contributed by atoms with Gasteiger partial charge in [-0.25, -0.2) is 0 Å². The van der Waals surface area contributed by atoms with Gasteiger partial charge >= 0.3 is 5.88 Å². The maximum atomic E-state index is 9.97. The number of furan rings is 1. The van der Waals surface area contributed by atoms with E-state index < -0.39 is 4.92 Å². The van der Waals surface area contributed by atoms with Crippen LogP contribution in [0.15, 0.2) is 10.5 Å². The van der Waals surface area contributed by atoms with E-state index in [9.17, 15) is 10.1 Å². The summed E-state index contributed by atoms with van der Waals surface area (Å²) >= 11 is 0. The van der Waals surface area contributed by atoms with E-state index in [0.717, 1.165) is 0 Å². The molecule has 4 nitrogen and oxygen atoms in total. The quantitative estimate of drug-likeness (QED) is 0.421. The predicted octanol–water partition coefficient (Wildman–Crippen LogP) is 1.30. The molecule has 47 valence electrons. The number of rotatable bonds is 1. The summed E-state index contributed by atoms with van der Waals surface area (Å²) in [5, 5.41) is 9.97. The van der Waals surface area contributed by atoms with E-state index in [2.05, 4.69) is 10.7 Å². The minimum Gasteiger partial charge on any atom is -0.397 e. The maximum Gasteiger partial charge on any atom is 0.436 e. The van der Waals surface area contributed by atoms with Crippen LogP contribution in [0.4, 0.5) is 5.88 Å². The van der Waals surface area contributed by atoms with E-state index in [0.29, 0.717) is 5.56 Å². The summed E-state index contributed by atoms with van der Waals surface area (Å²) in [5.74, 6) is -0.227. The van der Waals surface area contributed by atoms with Crippen molar-refractivity contribution in [3.63, 3.8) is 0 Å². The van der Waals surface area contributed by atoms with Gasteiger partial charge in [-0.05, 0) is 13.0 Å². The molecule has 1 heterocycles. The van der Waals surface area contributed by atoms with Crippen molar-refractivity contribution in [2.24, 2.45) is 0 Å². The second kappa shape index (κ2) is 1.89. The molecule has 1 aromatic rings. The van der Waals surface area contributed by atoms with Crippen molar-refractivity contribution in [3.8, 4) is 0 Å². The number of hydrogen-bond acceptors (Lipinski definition) is 3. The molecule has 1 radical (unpaired) electrons. The molecule has 0 aliphatic carbocycles. The Bertz CT molecular complexity index is 228. The number of nitro groups is 1. The Labute approximate surface area is 51.2 Å². The molecule has 0 spiro atoms. The molecule has 0 unspecified atom stereocenters. The Kier molecular flexibility index (Phi) is 1.22. The molecule has 0 N–H and O–H groups in total. The smallest absolute Gasteiger partial charge is 0.397 e. The van der Waals surface area contributed by atoms with Gasteiger partial charge in [0, 0.05) is 0 Å². The van der Waals surface area contributed by atoms with Gasteiger partial charge in [-0.1, -0.05) is 0 Å². The summed E-state index contributed by atoms with van der Waals surface area (Å²) in [7, 11) is 0. The van der Waals surface area contributed by atoms with Gasteiger partial charge in [0.25, 0.3) is 0 Å². The van der Waals surface area contributed by atoms with Gasteiger partial charge in [-0.3, -0.25) is 10.1 Å². The molecule has 4 heteroatoms. The molecule has 0 saturated carbocycles. The average molecular weight is 126 g/mol. The van der Waals surface area contributed by atoms with Crippen LogP contribution in [0.25, 0.3) is 0 Å². The third-order valence-electron chi connectivity index (χ3n) is 0.934. The van der Waals surface area contributed by atoms with Gasteiger partial charge in [-0.15, -0.1) is 0 Å². The third-order valence-corrected chi connectivity index (χ3v) is 0.934.